The van der Waals surface area contributed by atoms with Gasteiger partial charge in [0.05, 0.1) is 5.92 Å². The maximum atomic E-state index is 10.6. The van der Waals surface area contributed by atoms with Gasteiger partial charge >= 0.3 is 5.97 Å². The first kappa shape index (κ1) is 9.30. The molecule has 0 aliphatic heterocycles. The summed E-state index contributed by atoms with van der Waals surface area (Å²) in [6.45, 7) is 5.84. The van der Waals surface area contributed by atoms with E-state index in [-0.39, 0.29) is 5.92 Å². The topological polar surface area (TPSA) is 37.3 Å². The fourth-order valence-corrected chi connectivity index (χ4v) is 1.91. The number of rotatable bonds is 3. The lowest BCUT2D eigenvalue weighted by molar-refractivity contribution is -0.141. The minimum atomic E-state index is -0.631. The maximum absolute atomic E-state index is 10.6. The number of carbonyl (C=O) groups is 1. The minimum absolute atomic E-state index is 0.0996. The van der Waals surface area contributed by atoms with E-state index in [1.165, 1.54) is 0 Å². The molecule has 0 spiro atoms. The zero-order valence-electron chi connectivity index (χ0n) is 7.49. The molecule has 12 heavy (non-hydrogen) atoms. The van der Waals surface area contributed by atoms with Crippen LogP contribution in [0, 0.1) is 17.8 Å². The molecule has 1 saturated carbocycles. The molecule has 2 heteroatoms. The molecular formula is C10H16O2. The Morgan fingerprint density at radius 1 is 1.67 bits per heavy atom. The lowest BCUT2D eigenvalue weighted by Crippen LogP contribution is -2.11. The second kappa shape index (κ2) is 3.74. The third kappa shape index (κ3) is 1.87. The summed E-state index contributed by atoms with van der Waals surface area (Å²) in [6.07, 6.45) is 4.65. The molecule has 0 heterocycles. The van der Waals surface area contributed by atoms with Crippen LogP contribution < -0.4 is 0 Å². The van der Waals surface area contributed by atoms with Crippen LogP contribution in [-0.4, -0.2) is 11.1 Å². The Morgan fingerprint density at radius 2 is 2.33 bits per heavy atom. The van der Waals surface area contributed by atoms with Crippen molar-refractivity contribution in [3.8, 4) is 0 Å². The van der Waals surface area contributed by atoms with Gasteiger partial charge in [-0.25, -0.2) is 0 Å². The Balaban J connectivity index is 2.45. The zero-order chi connectivity index (χ0) is 9.14. The van der Waals surface area contributed by atoms with Crippen molar-refractivity contribution in [2.75, 3.05) is 0 Å². The molecule has 3 unspecified atom stereocenters. The lowest BCUT2D eigenvalue weighted by atomic mass is 9.92. The van der Waals surface area contributed by atoms with Crippen molar-refractivity contribution in [2.45, 2.75) is 26.2 Å². The van der Waals surface area contributed by atoms with Crippen molar-refractivity contribution in [1.29, 1.82) is 0 Å². The van der Waals surface area contributed by atoms with E-state index < -0.39 is 5.97 Å². The summed E-state index contributed by atoms with van der Waals surface area (Å²) in [7, 11) is 0. The zero-order valence-corrected chi connectivity index (χ0v) is 7.49. The first-order valence-electron chi connectivity index (χ1n) is 4.50. The molecule has 0 saturated heterocycles. The fraction of sp³-hybridized carbons (Fsp3) is 0.700. The molecule has 0 amide bonds. The Bertz CT molecular complexity index is 186. The van der Waals surface area contributed by atoms with Crippen LogP contribution in [-0.2, 0) is 4.79 Å². The van der Waals surface area contributed by atoms with Gasteiger partial charge in [-0.05, 0) is 31.1 Å². The van der Waals surface area contributed by atoms with Gasteiger partial charge in [0.1, 0.15) is 0 Å². The van der Waals surface area contributed by atoms with Gasteiger partial charge in [-0.2, -0.15) is 0 Å². The van der Waals surface area contributed by atoms with Crippen LogP contribution in [0.2, 0.25) is 0 Å². The van der Waals surface area contributed by atoms with Gasteiger partial charge in [-0.3, -0.25) is 4.79 Å². The van der Waals surface area contributed by atoms with E-state index in [0.717, 1.165) is 19.3 Å². The van der Waals surface area contributed by atoms with Gasteiger partial charge in [-0.1, -0.05) is 13.0 Å². The summed E-state index contributed by atoms with van der Waals surface area (Å²) in [5, 5.41) is 8.76. The Labute approximate surface area is 73.3 Å². The van der Waals surface area contributed by atoms with Crippen LogP contribution in [0.15, 0.2) is 12.7 Å². The van der Waals surface area contributed by atoms with Gasteiger partial charge in [0.25, 0.3) is 0 Å². The average molecular weight is 168 g/mol. The minimum Gasteiger partial charge on any atom is -0.481 e. The molecule has 1 aliphatic rings. The van der Waals surface area contributed by atoms with E-state index in [1.807, 2.05) is 6.08 Å². The van der Waals surface area contributed by atoms with Crippen LogP contribution in [0.3, 0.4) is 0 Å². The molecule has 3 atom stereocenters. The van der Waals surface area contributed by atoms with Gasteiger partial charge in [-0.15, -0.1) is 6.58 Å². The number of hydrogen-bond acceptors (Lipinski definition) is 1. The molecule has 1 fully saturated rings. The first-order valence-corrected chi connectivity index (χ1v) is 4.50. The lowest BCUT2D eigenvalue weighted by Gasteiger charge is -2.13. The quantitative estimate of drug-likeness (QED) is 0.656. The third-order valence-electron chi connectivity index (χ3n) is 2.94. The number of aliphatic carboxylic acids is 1. The van der Waals surface area contributed by atoms with Gasteiger partial charge in [0.15, 0.2) is 0 Å². The van der Waals surface area contributed by atoms with Crippen molar-refractivity contribution in [3.05, 3.63) is 12.7 Å². The predicted molar refractivity (Wildman–Crippen MR) is 47.8 cm³/mol. The Morgan fingerprint density at radius 3 is 2.75 bits per heavy atom. The number of carboxylic acids is 1. The summed E-state index contributed by atoms with van der Waals surface area (Å²) in [5.74, 6) is 0.282. The summed E-state index contributed by atoms with van der Waals surface area (Å²) < 4.78 is 0. The van der Waals surface area contributed by atoms with E-state index in [9.17, 15) is 4.79 Å². The normalized spacial score (nSPS) is 31.4. The average Bonchev–Trinajstić information content (AvgIpc) is 2.51. The van der Waals surface area contributed by atoms with Crippen LogP contribution >= 0.6 is 0 Å². The molecule has 0 aromatic carbocycles. The Hall–Kier alpha value is -0.790. The first-order chi connectivity index (χ1) is 5.65. The van der Waals surface area contributed by atoms with Crippen molar-refractivity contribution in [2.24, 2.45) is 17.8 Å². The number of carboxylic acid groups (broad SMARTS) is 1. The molecule has 0 aromatic rings. The monoisotopic (exact) mass is 168 g/mol. The fourth-order valence-electron chi connectivity index (χ4n) is 1.91. The molecule has 68 valence electrons. The smallest absolute Gasteiger partial charge is 0.306 e. The highest BCUT2D eigenvalue weighted by molar-refractivity contribution is 5.70. The van der Waals surface area contributed by atoms with Crippen molar-refractivity contribution in [3.63, 3.8) is 0 Å². The molecule has 2 nitrogen and oxygen atoms in total. The standard InChI is InChI=1S/C10H16O2/c1-3-7(2)8-4-5-9(6-8)10(11)12/h3,7-9H,1,4-6H2,2H3,(H,11,12). The predicted octanol–water partition coefficient (Wildman–Crippen LogP) is 2.31. The molecule has 0 bridgehead atoms. The van der Waals surface area contributed by atoms with Gasteiger partial charge in [0, 0.05) is 0 Å². The van der Waals surface area contributed by atoms with Crippen molar-refractivity contribution < 1.29 is 9.90 Å². The number of allylic oxidation sites excluding steroid dienone is 1. The van der Waals surface area contributed by atoms with E-state index in [0.29, 0.717) is 11.8 Å². The molecular weight excluding hydrogens is 152 g/mol. The molecule has 0 aromatic heterocycles. The highest BCUT2D eigenvalue weighted by Gasteiger charge is 2.31. The van der Waals surface area contributed by atoms with Crippen molar-refractivity contribution in [1.82, 2.24) is 0 Å². The molecule has 1 rings (SSSR count). The van der Waals surface area contributed by atoms with Gasteiger partial charge in [0.2, 0.25) is 0 Å². The summed E-state index contributed by atoms with van der Waals surface area (Å²) in [5.41, 5.74) is 0. The molecule has 0 radical (unpaired) electrons. The summed E-state index contributed by atoms with van der Waals surface area (Å²) in [6, 6.07) is 0. The maximum Gasteiger partial charge on any atom is 0.306 e. The second-order valence-corrected chi connectivity index (χ2v) is 3.70. The van der Waals surface area contributed by atoms with Crippen LogP contribution in [0.4, 0.5) is 0 Å². The summed E-state index contributed by atoms with van der Waals surface area (Å²) in [4.78, 5) is 10.6. The van der Waals surface area contributed by atoms with E-state index in [4.69, 9.17) is 5.11 Å². The van der Waals surface area contributed by atoms with E-state index in [1.54, 1.807) is 0 Å². The Kier molecular flexibility index (Phi) is 2.90. The third-order valence-corrected chi connectivity index (χ3v) is 2.94. The second-order valence-electron chi connectivity index (χ2n) is 3.70. The molecule has 1 aliphatic carbocycles. The highest BCUT2D eigenvalue weighted by atomic mass is 16.4. The molecule has 1 N–H and O–H groups in total. The van der Waals surface area contributed by atoms with Crippen molar-refractivity contribution >= 4 is 5.97 Å². The highest BCUT2D eigenvalue weighted by Crippen LogP contribution is 2.36. The van der Waals surface area contributed by atoms with E-state index in [2.05, 4.69) is 13.5 Å². The van der Waals surface area contributed by atoms with Gasteiger partial charge < -0.3 is 5.11 Å². The largest absolute Gasteiger partial charge is 0.481 e. The number of hydrogen-bond donors (Lipinski definition) is 1. The van der Waals surface area contributed by atoms with Crippen LogP contribution in [0.1, 0.15) is 26.2 Å². The van der Waals surface area contributed by atoms with Crippen LogP contribution in [0.25, 0.3) is 0 Å². The summed E-state index contributed by atoms with van der Waals surface area (Å²) >= 11 is 0. The van der Waals surface area contributed by atoms with Crippen LogP contribution in [0.5, 0.6) is 0 Å². The van der Waals surface area contributed by atoms with E-state index >= 15 is 0 Å². The SMILES string of the molecule is C=CC(C)C1CCC(C(=O)O)C1.